The zero-order valence-corrected chi connectivity index (χ0v) is 31.6. The van der Waals surface area contributed by atoms with Crippen LogP contribution in [0.1, 0.15) is 55.0 Å². The number of ether oxygens (including phenoxy) is 1. The highest BCUT2D eigenvalue weighted by Crippen LogP contribution is 2.47. The third-order valence-electron chi connectivity index (χ3n) is 11.2. The molecule has 286 valence electrons. The Kier molecular flexibility index (Phi) is 9.21. The van der Waals surface area contributed by atoms with Crippen molar-refractivity contribution in [2.24, 2.45) is 14.1 Å². The molecule has 5 heterocycles. The van der Waals surface area contributed by atoms with Gasteiger partial charge in [-0.1, -0.05) is 53.5 Å². The van der Waals surface area contributed by atoms with E-state index in [0.29, 0.717) is 45.8 Å². The lowest BCUT2D eigenvalue weighted by Crippen LogP contribution is -2.53. The van der Waals surface area contributed by atoms with E-state index >= 15 is 0 Å². The van der Waals surface area contributed by atoms with Crippen molar-refractivity contribution in [3.8, 4) is 28.3 Å². The summed E-state index contributed by atoms with van der Waals surface area (Å²) in [6, 6.07) is 13.2. The maximum absolute atomic E-state index is 14.0. The van der Waals surface area contributed by atoms with E-state index in [-0.39, 0.29) is 39.1 Å². The number of amides is 1. The number of benzene rings is 2. The van der Waals surface area contributed by atoms with Crippen LogP contribution >= 0.6 is 23.2 Å². The smallest absolute Gasteiger partial charge is 0.433 e. The Hall–Kier alpha value is -4.92. The molecule has 55 heavy (non-hydrogen) atoms. The minimum atomic E-state index is -4.87. The second kappa shape index (κ2) is 13.7. The number of hydrogen-bond donors (Lipinski definition) is 2. The van der Waals surface area contributed by atoms with E-state index in [1.54, 1.807) is 25.3 Å². The van der Waals surface area contributed by atoms with Gasteiger partial charge in [0.1, 0.15) is 16.9 Å². The molecule has 2 N–H and O–H groups in total. The van der Waals surface area contributed by atoms with E-state index < -0.39 is 28.9 Å². The summed E-state index contributed by atoms with van der Waals surface area (Å²) in [5, 5.41) is 6.34. The second-order valence-electron chi connectivity index (χ2n) is 14.5. The summed E-state index contributed by atoms with van der Waals surface area (Å²) >= 11 is 14.1. The monoisotopic (exact) mass is 793 g/mol. The molecule has 3 aromatic heterocycles. The number of halogens is 5. The number of carbonyl (C=O) groups is 1. The van der Waals surface area contributed by atoms with E-state index in [4.69, 9.17) is 32.9 Å². The first-order valence-corrected chi connectivity index (χ1v) is 18.6. The molecular weight excluding hydrogens is 758 g/mol. The van der Waals surface area contributed by atoms with Crippen LogP contribution in [0.5, 0.6) is 5.88 Å². The molecule has 3 aliphatic rings. The van der Waals surface area contributed by atoms with Crippen molar-refractivity contribution in [3.05, 3.63) is 96.2 Å². The van der Waals surface area contributed by atoms with Crippen LogP contribution in [0.3, 0.4) is 0 Å². The van der Waals surface area contributed by atoms with Gasteiger partial charge in [-0.3, -0.25) is 23.6 Å². The largest absolute Gasteiger partial charge is 0.481 e. The number of likely N-dealkylation sites (tertiary alicyclic amines) is 1. The predicted molar refractivity (Wildman–Crippen MR) is 204 cm³/mol. The topological polar surface area (TPSA) is 123 Å². The molecule has 8 rings (SSSR count). The quantitative estimate of drug-likeness (QED) is 0.186. The summed E-state index contributed by atoms with van der Waals surface area (Å²) in [6.07, 6.45) is 0.191. The Bertz CT molecular complexity index is 2540. The maximum Gasteiger partial charge on any atom is 0.433 e. The fourth-order valence-corrected chi connectivity index (χ4v) is 9.05. The normalized spacial score (nSPS) is 19.9. The first kappa shape index (κ1) is 37.0. The zero-order valence-electron chi connectivity index (χ0n) is 30.1. The van der Waals surface area contributed by atoms with E-state index in [9.17, 15) is 27.6 Å². The van der Waals surface area contributed by atoms with Gasteiger partial charge in [-0.25, -0.2) is 14.8 Å². The number of alkyl halides is 3. The molecule has 1 amide bonds. The van der Waals surface area contributed by atoms with Crippen LogP contribution in [0.4, 0.5) is 24.7 Å². The summed E-state index contributed by atoms with van der Waals surface area (Å²) in [6.45, 7) is 1.65. The molecule has 0 bridgehead atoms. The standard InChI is InChI=1S/C39H36Cl2F3N7O4/c1-49-27-18-28(39(42,43)44)47-34(31(27)36(53)50(2)37(49)54)45-24-10-5-8-22(33(24)41)21-7-4-9-23(32(21)40)25-17-20-12-13-26(30(20)35(46-25)55-3)51-16-15-38(19-51)14-6-11-29(52)48-38/h4-5,7-10,17-18,26H,6,11-16,19H2,1-3H3,(H,45,47)(H,48,52). The molecule has 2 aliphatic heterocycles. The highest BCUT2D eigenvalue weighted by atomic mass is 35.5. The number of aryl methyl sites for hydroxylation is 2. The fraction of sp³-hybridized carbons (Fsp3) is 0.359. The van der Waals surface area contributed by atoms with Crippen LogP contribution in [0.2, 0.25) is 10.0 Å². The summed E-state index contributed by atoms with van der Waals surface area (Å²) in [4.78, 5) is 49.3. The minimum absolute atomic E-state index is 0.106. The van der Waals surface area contributed by atoms with E-state index in [2.05, 4.69) is 20.5 Å². The molecule has 2 aromatic carbocycles. The number of hydrogen-bond acceptors (Lipinski definition) is 8. The molecular formula is C39H36Cl2F3N7O4. The van der Waals surface area contributed by atoms with Crippen LogP contribution in [-0.2, 0) is 31.5 Å². The Balaban J connectivity index is 1.15. The summed E-state index contributed by atoms with van der Waals surface area (Å²) in [7, 11) is 4.11. The molecule has 1 aliphatic carbocycles. The Morgan fingerprint density at radius 1 is 0.945 bits per heavy atom. The molecule has 11 nitrogen and oxygen atoms in total. The van der Waals surface area contributed by atoms with Crippen molar-refractivity contribution >= 4 is 51.5 Å². The third-order valence-corrected chi connectivity index (χ3v) is 12.0. The van der Waals surface area contributed by atoms with Gasteiger partial charge in [-0.15, -0.1) is 0 Å². The molecule has 2 fully saturated rings. The number of carbonyl (C=O) groups excluding carboxylic acids is 1. The fourth-order valence-electron chi connectivity index (χ4n) is 8.45. The third kappa shape index (κ3) is 6.33. The highest BCUT2D eigenvalue weighted by molar-refractivity contribution is 6.39. The van der Waals surface area contributed by atoms with Gasteiger partial charge in [0, 0.05) is 61.9 Å². The van der Waals surface area contributed by atoms with E-state index in [0.717, 1.165) is 65.5 Å². The van der Waals surface area contributed by atoms with Gasteiger partial charge < -0.3 is 15.4 Å². The molecule has 16 heteroatoms. The van der Waals surface area contributed by atoms with Crippen LogP contribution < -0.4 is 26.6 Å². The number of anilines is 2. The van der Waals surface area contributed by atoms with Crippen molar-refractivity contribution in [3.63, 3.8) is 0 Å². The Morgan fingerprint density at radius 2 is 1.67 bits per heavy atom. The van der Waals surface area contributed by atoms with Gasteiger partial charge in [0.15, 0.2) is 0 Å². The Morgan fingerprint density at radius 3 is 2.40 bits per heavy atom. The molecule has 2 atom stereocenters. The van der Waals surface area contributed by atoms with Gasteiger partial charge in [-0.05, 0) is 55.9 Å². The number of pyridine rings is 2. The average molecular weight is 795 g/mol. The van der Waals surface area contributed by atoms with Crippen LogP contribution in [0.15, 0.2) is 58.1 Å². The zero-order chi connectivity index (χ0) is 39.0. The van der Waals surface area contributed by atoms with Gasteiger partial charge in [0.25, 0.3) is 5.56 Å². The van der Waals surface area contributed by atoms with Crippen LogP contribution in [0, 0.1) is 0 Å². The highest BCUT2D eigenvalue weighted by Gasteiger charge is 2.45. The number of methoxy groups -OCH3 is 1. The molecule has 2 saturated heterocycles. The lowest BCUT2D eigenvalue weighted by Gasteiger charge is -2.35. The molecule has 0 saturated carbocycles. The number of nitrogens with zero attached hydrogens (tertiary/aromatic N) is 5. The van der Waals surface area contributed by atoms with Crippen molar-refractivity contribution in [1.29, 1.82) is 0 Å². The number of nitrogens with one attached hydrogen (secondary N) is 2. The Labute approximate surface area is 323 Å². The van der Waals surface area contributed by atoms with Gasteiger partial charge in [0.2, 0.25) is 11.8 Å². The van der Waals surface area contributed by atoms with Gasteiger partial charge in [-0.2, -0.15) is 13.2 Å². The van der Waals surface area contributed by atoms with Crippen molar-refractivity contribution < 1.29 is 22.7 Å². The number of rotatable bonds is 6. The molecule has 2 unspecified atom stereocenters. The first-order valence-electron chi connectivity index (χ1n) is 17.9. The van der Waals surface area contributed by atoms with Gasteiger partial charge >= 0.3 is 11.9 Å². The summed E-state index contributed by atoms with van der Waals surface area (Å²) in [5.41, 5.74) is 1.19. The van der Waals surface area contributed by atoms with Crippen molar-refractivity contribution in [2.45, 2.75) is 56.3 Å². The molecule has 1 spiro atoms. The van der Waals surface area contributed by atoms with E-state index in [1.807, 2.05) is 18.2 Å². The maximum atomic E-state index is 14.0. The van der Waals surface area contributed by atoms with Crippen molar-refractivity contribution in [1.82, 2.24) is 29.3 Å². The average Bonchev–Trinajstić information content (AvgIpc) is 3.77. The summed E-state index contributed by atoms with van der Waals surface area (Å²) < 4.78 is 49.6. The lowest BCUT2D eigenvalue weighted by molar-refractivity contribution is -0.141. The number of aromatic nitrogens is 4. The molecule has 0 radical (unpaired) electrons. The van der Waals surface area contributed by atoms with Crippen molar-refractivity contribution in [2.75, 3.05) is 25.5 Å². The second-order valence-corrected chi connectivity index (χ2v) is 15.2. The van der Waals surface area contributed by atoms with Crippen LogP contribution in [0.25, 0.3) is 33.3 Å². The lowest BCUT2D eigenvalue weighted by atomic mass is 9.88. The molecule has 5 aromatic rings. The first-order chi connectivity index (χ1) is 26.2. The number of piperidine rings is 1. The summed E-state index contributed by atoms with van der Waals surface area (Å²) in [5.74, 6) is 0.216. The SMILES string of the molecule is COc1nc(-c2cccc(-c3cccc(Nc4nc(C(F)(F)F)cc5c4c(=O)n(C)c(=O)n5C)c3Cl)c2Cl)cc2c1C(N1CCC3(CCCC(=O)N3)C1)CC2. The van der Waals surface area contributed by atoms with E-state index in [1.165, 1.54) is 20.2 Å². The van der Waals surface area contributed by atoms with Crippen LogP contribution in [-0.4, -0.2) is 55.6 Å². The number of fused-ring (bicyclic) bond motifs is 2. The predicted octanol–water partition coefficient (Wildman–Crippen LogP) is 7.17. The van der Waals surface area contributed by atoms with Gasteiger partial charge in [0.05, 0.1) is 39.6 Å². The minimum Gasteiger partial charge on any atom is -0.481 e.